The number of aromatic nitrogens is 3. The van der Waals surface area contributed by atoms with Crippen LogP contribution >= 0.6 is 23.1 Å². The smallest absolute Gasteiger partial charge is 0.278 e. The maximum atomic E-state index is 12.2. The molecule has 0 saturated heterocycles. The Bertz CT molecular complexity index is 822. The van der Waals surface area contributed by atoms with Gasteiger partial charge < -0.3 is 0 Å². The Kier molecular flexibility index (Phi) is 3.69. The average Bonchev–Trinajstić information content (AvgIpc) is 2.99. The molecule has 0 radical (unpaired) electrons. The summed E-state index contributed by atoms with van der Waals surface area (Å²) in [5.74, 6) is -0.225. The van der Waals surface area contributed by atoms with Crippen molar-refractivity contribution in [2.45, 2.75) is 11.8 Å². The molecule has 0 spiro atoms. The van der Waals surface area contributed by atoms with E-state index in [2.05, 4.69) is 21.5 Å². The summed E-state index contributed by atoms with van der Waals surface area (Å²) in [7, 11) is 1.80. The lowest BCUT2D eigenvalue weighted by Crippen LogP contribution is -2.13. The van der Waals surface area contributed by atoms with Crippen molar-refractivity contribution >= 4 is 44.4 Å². The van der Waals surface area contributed by atoms with E-state index in [0.29, 0.717) is 10.8 Å². The van der Waals surface area contributed by atoms with E-state index in [1.54, 1.807) is 23.5 Å². The molecule has 2 heterocycles. The lowest BCUT2D eigenvalue weighted by atomic mass is 10.3. The summed E-state index contributed by atoms with van der Waals surface area (Å²) in [6, 6.07) is 6.08. The summed E-state index contributed by atoms with van der Waals surface area (Å²) >= 11 is 3.16. The number of carbonyl (C=O) groups excluding carboxylic acids is 1. The zero-order chi connectivity index (χ0) is 15.0. The highest BCUT2D eigenvalue weighted by molar-refractivity contribution is 7.98. The van der Waals surface area contributed by atoms with Gasteiger partial charge in [0.05, 0.1) is 10.2 Å². The first-order valence-corrected chi connectivity index (χ1v) is 8.37. The molecule has 0 saturated carbocycles. The van der Waals surface area contributed by atoms with Gasteiger partial charge >= 0.3 is 0 Å². The first kappa shape index (κ1) is 14.1. The number of thiazole rings is 1. The molecule has 7 heteroatoms. The van der Waals surface area contributed by atoms with E-state index in [-0.39, 0.29) is 5.91 Å². The fourth-order valence-corrected chi connectivity index (χ4v) is 3.49. The molecule has 2 aromatic heterocycles. The molecular weight excluding hydrogens is 304 g/mol. The van der Waals surface area contributed by atoms with E-state index in [1.165, 1.54) is 16.2 Å². The van der Waals surface area contributed by atoms with E-state index >= 15 is 0 Å². The molecule has 0 fully saturated rings. The minimum absolute atomic E-state index is 0.225. The SMILES string of the molecule is CSc1ccc2nc(NC(=O)c3nn(C)cc3C)sc2c1. The van der Waals surface area contributed by atoms with Crippen LogP contribution in [0.5, 0.6) is 0 Å². The van der Waals surface area contributed by atoms with Gasteiger partial charge in [-0.15, -0.1) is 11.8 Å². The second-order valence-electron chi connectivity index (χ2n) is 4.64. The van der Waals surface area contributed by atoms with Crippen LogP contribution in [0.2, 0.25) is 0 Å². The van der Waals surface area contributed by atoms with Crippen LogP contribution in [0.25, 0.3) is 10.2 Å². The number of benzene rings is 1. The van der Waals surface area contributed by atoms with Crippen LogP contribution < -0.4 is 5.32 Å². The molecule has 21 heavy (non-hydrogen) atoms. The molecule has 0 atom stereocenters. The fraction of sp³-hybridized carbons (Fsp3) is 0.214. The fourth-order valence-electron chi connectivity index (χ4n) is 2.07. The van der Waals surface area contributed by atoms with Crippen LogP contribution in [-0.4, -0.2) is 26.9 Å². The van der Waals surface area contributed by atoms with Crippen molar-refractivity contribution in [2.24, 2.45) is 7.05 Å². The molecular formula is C14H14N4OS2. The molecule has 0 aliphatic heterocycles. The number of nitrogens with one attached hydrogen (secondary N) is 1. The number of hydrogen-bond donors (Lipinski definition) is 1. The Morgan fingerprint density at radius 2 is 2.24 bits per heavy atom. The lowest BCUT2D eigenvalue weighted by Gasteiger charge is -1.98. The summed E-state index contributed by atoms with van der Waals surface area (Å²) in [6.07, 6.45) is 3.85. The Morgan fingerprint density at radius 3 is 2.90 bits per heavy atom. The summed E-state index contributed by atoms with van der Waals surface area (Å²) in [6.45, 7) is 1.87. The van der Waals surface area contributed by atoms with Crippen LogP contribution in [0, 0.1) is 6.92 Å². The molecule has 3 aromatic rings. The monoisotopic (exact) mass is 318 g/mol. The summed E-state index contributed by atoms with van der Waals surface area (Å²) in [5.41, 5.74) is 2.17. The number of hydrogen-bond acceptors (Lipinski definition) is 5. The first-order chi connectivity index (χ1) is 10.1. The number of fused-ring (bicyclic) bond motifs is 1. The number of thioether (sulfide) groups is 1. The molecule has 0 bridgehead atoms. The van der Waals surface area contributed by atoms with Crippen molar-refractivity contribution < 1.29 is 4.79 Å². The highest BCUT2D eigenvalue weighted by atomic mass is 32.2. The van der Waals surface area contributed by atoms with Crippen molar-refractivity contribution in [3.05, 3.63) is 35.7 Å². The molecule has 1 aromatic carbocycles. The molecule has 0 aliphatic carbocycles. The van der Waals surface area contributed by atoms with E-state index in [1.807, 2.05) is 31.5 Å². The molecule has 108 valence electrons. The number of carbonyl (C=O) groups is 1. The van der Waals surface area contributed by atoms with E-state index in [9.17, 15) is 4.79 Å². The minimum Gasteiger partial charge on any atom is -0.296 e. The quantitative estimate of drug-likeness (QED) is 0.753. The minimum atomic E-state index is -0.225. The van der Waals surface area contributed by atoms with Gasteiger partial charge in [-0.2, -0.15) is 5.10 Å². The zero-order valence-electron chi connectivity index (χ0n) is 11.9. The standard InChI is InChI=1S/C14H14N4OS2/c1-8-7-18(2)17-12(8)13(19)16-14-15-10-5-4-9(20-3)6-11(10)21-14/h4-7H,1-3H3,(H,15,16,19). The van der Waals surface area contributed by atoms with Crippen molar-refractivity contribution in [2.75, 3.05) is 11.6 Å². The Balaban J connectivity index is 1.87. The van der Waals surface area contributed by atoms with Crippen LogP contribution in [0.4, 0.5) is 5.13 Å². The van der Waals surface area contributed by atoms with Gasteiger partial charge in [0.1, 0.15) is 0 Å². The van der Waals surface area contributed by atoms with E-state index in [4.69, 9.17) is 0 Å². The molecule has 1 amide bonds. The highest BCUT2D eigenvalue weighted by Crippen LogP contribution is 2.29. The van der Waals surface area contributed by atoms with Crippen molar-refractivity contribution in [3.8, 4) is 0 Å². The maximum Gasteiger partial charge on any atom is 0.278 e. The van der Waals surface area contributed by atoms with E-state index in [0.717, 1.165) is 15.8 Å². The third-order valence-electron chi connectivity index (χ3n) is 3.04. The number of amides is 1. The number of nitrogens with zero attached hydrogens (tertiary/aromatic N) is 3. The predicted octanol–water partition coefficient (Wildman–Crippen LogP) is 3.31. The topological polar surface area (TPSA) is 59.8 Å². The van der Waals surface area contributed by atoms with Crippen molar-refractivity contribution in [3.63, 3.8) is 0 Å². The predicted molar refractivity (Wildman–Crippen MR) is 87.3 cm³/mol. The third kappa shape index (κ3) is 2.79. The lowest BCUT2D eigenvalue weighted by molar-refractivity contribution is 0.102. The zero-order valence-corrected chi connectivity index (χ0v) is 13.5. The van der Waals surface area contributed by atoms with Gasteiger partial charge in [-0.1, -0.05) is 11.3 Å². The second-order valence-corrected chi connectivity index (χ2v) is 6.55. The first-order valence-electron chi connectivity index (χ1n) is 6.33. The normalized spacial score (nSPS) is 11.0. The number of rotatable bonds is 3. The van der Waals surface area contributed by atoms with Crippen LogP contribution in [0.3, 0.4) is 0 Å². The van der Waals surface area contributed by atoms with E-state index < -0.39 is 0 Å². The maximum absolute atomic E-state index is 12.2. The van der Waals surface area contributed by atoms with Crippen LogP contribution in [-0.2, 0) is 7.05 Å². The van der Waals surface area contributed by atoms with Crippen LogP contribution in [0.1, 0.15) is 16.1 Å². The summed E-state index contributed by atoms with van der Waals surface area (Å²) in [4.78, 5) is 17.8. The van der Waals surface area contributed by atoms with Gasteiger partial charge in [-0.05, 0) is 31.4 Å². The van der Waals surface area contributed by atoms with Gasteiger partial charge in [0.25, 0.3) is 5.91 Å². The van der Waals surface area contributed by atoms with Gasteiger partial charge in [-0.3, -0.25) is 14.8 Å². The summed E-state index contributed by atoms with van der Waals surface area (Å²) < 4.78 is 2.70. The number of aryl methyl sites for hydroxylation is 2. The molecule has 5 nitrogen and oxygen atoms in total. The Morgan fingerprint density at radius 1 is 1.43 bits per heavy atom. The highest BCUT2D eigenvalue weighted by Gasteiger charge is 2.15. The van der Waals surface area contributed by atoms with Crippen molar-refractivity contribution in [1.82, 2.24) is 14.8 Å². The van der Waals surface area contributed by atoms with Gasteiger partial charge in [0.2, 0.25) is 0 Å². The van der Waals surface area contributed by atoms with Gasteiger partial charge in [0, 0.05) is 23.7 Å². The molecule has 0 unspecified atom stereocenters. The molecule has 3 rings (SSSR count). The Hall–Kier alpha value is -1.86. The van der Waals surface area contributed by atoms with Gasteiger partial charge in [-0.25, -0.2) is 4.98 Å². The number of anilines is 1. The van der Waals surface area contributed by atoms with Gasteiger partial charge in [0.15, 0.2) is 10.8 Å². The molecule has 0 aliphatic rings. The average molecular weight is 318 g/mol. The van der Waals surface area contributed by atoms with Crippen LogP contribution in [0.15, 0.2) is 29.3 Å². The third-order valence-corrected chi connectivity index (χ3v) is 4.70. The Labute approximate surface area is 130 Å². The second kappa shape index (κ2) is 5.50. The largest absolute Gasteiger partial charge is 0.296 e. The van der Waals surface area contributed by atoms with Crippen molar-refractivity contribution in [1.29, 1.82) is 0 Å². The molecule has 1 N–H and O–H groups in total. The summed E-state index contributed by atoms with van der Waals surface area (Å²) in [5, 5.41) is 7.59.